The maximum atomic E-state index is 10.9. The Morgan fingerprint density at radius 2 is 1.80 bits per heavy atom. The fourth-order valence-corrected chi connectivity index (χ4v) is 3.16. The number of carbonyl (C=O) groups excluding carboxylic acids is 1. The van der Waals surface area contributed by atoms with Crippen molar-refractivity contribution in [2.75, 3.05) is 0 Å². The minimum Gasteiger partial charge on any atom is -0.463 e. The molecular weight excluding hydrogens is 192 g/mol. The van der Waals surface area contributed by atoms with Gasteiger partial charge in [0.15, 0.2) is 0 Å². The molecule has 0 aromatic heterocycles. The molecule has 3 nitrogen and oxygen atoms in total. The summed E-state index contributed by atoms with van der Waals surface area (Å²) >= 11 is 0. The van der Waals surface area contributed by atoms with E-state index >= 15 is 0 Å². The topological polar surface area (TPSA) is 46.5 Å². The highest BCUT2D eigenvalue weighted by Crippen LogP contribution is 2.41. The monoisotopic (exact) mass is 212 g/mol. The lowest BCUT2D eigenvalue weighted by molar-refractivity contribution is -0.150. The summed E-state index contributed by atoms with van der Waals surface area (Å²) in [4.78, 5) is 10.9. The van der Waals surface area contributed by atoms with Gasteiger partial charge in [-0.15, -0.1) is 0 Å². The molecule has 0 aliphatic heterocycles. The first kappa shape index (κ1) is 10.9. The van der Waals surface area contributed by atoms with Crippen LogP contribution in [0.1, 0.15) is 45.4 Å². The van der Waals surface area contributed by atoms with Gasteiger partial charge < -0.3 is 9.84 Å². The van der Waals surface area contributed by atoms with Crippen molar-refractivity contribution in [3.63, 3.8) is 0 Å². The normalized spacial score (nSPS) is 40.7. The van der Waals surface area contributed by atoms with Gasteiger partial charge in [-0.2, -0.15) is 0 Å². The van der Waals surface area contributed by atoms with Crippen LogP contribution in [0.5, 0.6) is 0 Å². The number of esters is 1. The SMILES string of the molecule is CC(=O)O[C@H]1CC[C@H]2C[C@@H](O)CC[C@H]2C1. The van der Waals surface area contributed by atoms with E-state index in [4.69, 9.17) is 4.74 Å². The summed E-state index contributed by atoms with van der Waals surface area (Å²) in [6, 6.07) is 0. The zero-order valence-electron chi connectivity index (χ0n) is 9.32. The molecule has 0 heterocycles. The Kier molecular flexibility index (Phi) is 3.29. The van der Waals surface area contributed by atoms with E-state index < -0.39 is 0 Å². The highest BCUT2D eigenvalue weighted by Gasteiger charge is 2.35. The Labute approximate surface area is 90.8 Å². The molecule has 4 atom stereocenters. The molecule has 3 heteroatoms. The molecule has 0 saturated heterocycles. The van der Waals surface area contributed by atoms with Gasteiger partial charge in [0.05, 0.1) is 6.10 Å². The Morgan fingerprint density at radius 1 is 1.13 bits per heavy atom. The van der Waals surface area contributed by atoms with Crippen molar-refractivity contribution < 1.29 is 14.6 Å². The molecule has 86 valence electrons. The van der Waals surface area contributed by atoms with Crippen LogP contribution in [0.15, 0.2) is 0 Å². The van der Waals surface area contributed by atoms with E-state index in [1.807, 2.05) is 0 Å². The van der Waals surface area contributed by atoms with Crippen LogP contribution in [0.25, 0.3) is 0 Å². The molecule has 15 heavy (non-hydrogen) atoms. The molecule has 0 aromatic carbocycles. The number of rotatable bonds is 1. The number of hydrogen-bond donors (Lipinski definition) is 1. The molecule has 0 spiro atoms. The maximum absolute atomic E-state index is 10.9. The van der Waals surface area contributed by atoms with E-state index in [9.17, 15) is 9.90 Å². The summed E-state index contributed by atoms with van der Waals surface area (Å²) in [5, 5.41) is 9.57. The summed E-state index contributed by atoms with van der Waals surface area (Å²) in [5.41, 5.74) is 0. The van der Waals surface area contributed by atoms with Gasteiger partial charge >= 0.3 is 5.97 Å². The zero-order valence-corrected chi connectivity index (χ0v) is 9.32. The summed E-state index contributed by atoms with van der Waals surface area (Å²) < 4.78 is 5.27. The minimum atomic E-state index is -0.158. The van der Waals surface area contributed by atoms with Crippen molar-refractivity contribution in [1.82, 2.24) is 0 Å². The van der Waals surface area contributed by atoms with Gasteiger partial charge in [0.25, 0.3) is 0 Å². The zero-order chi connectivity index (χ0) is 10.8. The second-order valence-electron chi connectivity index (χ2n) is 5.03. The van der Waals surface area contributed by atoms with Crippen LogP contribution >= 0.6 is 0 Å². The molecule has 2 saturated carbocycles. The highest BCUT2D eigenvalue weighted by atomic mass is 16.5. The lowest BCUT2D eigenvalue weighted by Crippen LogP contribution is -2.36. The third kappa shape index (κ3) is 2.71. The predicted octanol–water partition coefficient (Wildman–Crippen LogP) is 1.88. The number of aliphatic hydroxyl groups excluding tert-OH is 1. The molecule has 2 aliphatic carbocycles. The third-order valence-electron chi connectivity index (χ3n) is 3.87. The lowest BCUT2D eigenvalue weighted by Gasteiger charge is -2.40. The van der Waals surface area contributed by atoms with Crippen molar-refractivity contribution in [3.05, 3.63) is 0 Å². The van der Waals surface area contributed by atoms with E-state index in [1.165, 1.54) is 6.92 Å². The van der Waals surface area contributed by atoms with Gasteiger partial charge in [-0.3, -0.25) is 4.79 Å². The second-order valence-corrected chi connectivity index (χ2v) is 5.03. The predicted molar refractivity (Wildman–Crippen MR) is 56.2 cm³/mol. The molecule has 0 radical (unpaired) electrons. The van der Waals surface area contributed by atoms with Crippen LogP contribution in [0, 0.1) is 11.8 Å². The van der Waals surface area contributed by atoms with E-state index in [0.717, 1.165) is 38.5 Å². The van der Waals surface area contributed by atoms with Crippen molar-refractivity contribution in [3.8, 4) is 0 Å². The fourth-order valence-electron chi connectivity index (χ4n) is 3.16. The molecular formula is C12H20O3. The summed E-state index contributed by atoms with van der Waals surface area (Å²) in [5.74, 6) is 1.18. The molecule has 2 fully saturated rings. The Balaban J connectivity index is 1.87. The van der Waals surface area contributed by atoms with Gasteiger partial charge in [-0.25, -0.2) is 0 Å². The number of aliphatic hydroxyl groups is 1. The average molecular weight is 212 g/mol. The molecule has 0 unspecified atom stereocenters. The van der Waals surface area contributed by atoms with E-state index in [1.54, 1.807) is 0 Å². The van der Waals surface area contributed by atoms with Gasteiger partial charge in [-0.1, -0.05) is 0 Å². The first-order valence-electron chi connectivity index (χ1n) is 6.00. The molecule has 1 N–H and O–H groups in total. The smallest absolute Gasteiger partial charge is 0.302 e. The minimum absolute atomic E-state index is 0.0866. The van der Waals surface area contributed by atoms with Crippen molar-refractivity contribution >= 4 is 5.97 Å². The summed E-state index contributed by atoms with van der Waals surface area (Å²) in [6.07, 6.45) is 6.13. The Bertz CT molecular complexity index is 239. The molecule has 2 rings (SSSR count). The standard InChI is InChI=1S/C12H20O3/c1-8(13)15-12-5-3-9-6-11(14)4-2-10(9)7-12/h9-12,14H,2-7H2,1H3/t9-,10-,11-,12-/m0/s1. The van der Waals surface area contributed by atoms with E-state index in [0.29, 0.717) is 11.8 Å². The summed E-state index contributed by atoms with van der Waals surface area (Å²) in [6.45, 7) is 1.48. The fraction of sp³-hybridized carbons (Fsp3) is 0.917. The number of hydrogen-bond acceptors (Lipinski definition) is 3. The molecule has 0 amide bonds. The van der Waals surface area contributed by atoms with Gasteiger partial charge in [0.1, 0.15) is 6.10 Å². The lowest BCUT2D eigenvalue weighted by atomic mass is 9.69. The number of carbonyl (C=O) groups is 1. The van der Waals surface area contributed by atoms with E-state index in [2.05, 4.69) is 0 Å². The summed E-state index contributed by atoms with van der Waals surface area (Å²) in [7, 11) is 0. The largest absolute Gasteiger partial charge is 0.463 e. The van der Waals surface area contributed by atoms with Crippen LogP contribution in [0.2, 0.25) is 0 Å². The number of ether oxygens (including phenoxy) is 1. The molecule has 2 aliphatic rings. The first-order chi connectivity index (χ1) is 7.15. The highest BCUT2D eigenvalue weighted by molar-refractivity contribution is 5.66. The Morgan fingerprint density at radius 3 is 2.53 bits per heavy atom. The molecule has 0 aromatic rings. The number of fused-ring (bicyclic) bond motifs is 1. The van der Waals surface area contributed by atoms with Gasteiger partial charge in [-0.05, 0) is 50.4 Å². The maximum Gasteiger partial charge on any atom is 0.302 e. The second kappa shape index (κ2) is 4.52. The first-order valence-corrected chi connectivity index (χ1v) is 6.00. The van der Waals surface area contributed by atoms with Crippen LogP contribution in [0.4, 0.5) is 0 Å². The van der Waals surface area contributed by atoms with Crippen LogP contribution in [-0.2, 0) is 9.53 Å². The van der Waals surface area contributed by atoms with Crippen molar-refractivity contribution in [2.45, 2.75) is 57.7 Å². The quantitative estimate of drug-likeness (QED) is 0.675. The molecule has 0 bridgehead atoms. The third-order valence-corrected chi connectivity index (χ3v) is 3.87. The van der Waals surface area contributed by atoms with Crippen LogP contribution < -0.4 is 0 Å². The Hall–Kier alpha value is -0.570. The van der Waals surface area contributed by atoms with Crippen LogP contribution in [0.3, 0.4) is 0 Å². The van der Waals surface area contributed by atoms with Crippen LogP contribution in [-0.4, -0.2) is 23.3 Å². The van der Waals surface area contributed by atoms with Gasteiger partial charge in [0.2, 0.25) is 0 Å². The van der Waals surface area contributed by atoms with Crippen molar-refractivity contribution in [2.24, 2.45) is 11.8 Å². The average Bonchev–Trinajstić information content (AvgIpc) is 2.17. The van der Waals surface area contributed by atoms with E-state index in [-0.39, 0.29) is 18.2 Å². The van der Waals surface area contributed by atoms with Gasteiger partial charge in [0, 0.05) is 6.92 Å². The van der Waals surface area contributed by atoms with Crippen molar-refractivity contribution in [1.29, 1.82) is 0 Å².